The van der Waals surface area contributed by atoms with Gasteiger partial charge in [0.1, 0.15) is 0 Å². The minimum atomic E-state index is 0.741. The van der Waals surface area contributed by atoms with Gasteiger partial charge in [-0.2, -0.15) is 0 Å². The maximum atomic E-state index is 5.94. The van der Waals surface area contributed by atoms with E-state index in [1.807, 2.05) is 48.7 Å². The second-order valence-electron chi connectivity index (χ2n) is 9.99. The Bertz CT molecular complexity index is 1770. The number of hydrogen-bond donors (Lipinski definition) is 1. The minimum absolute atomic E-state index is 0.741. The van der Waals surface area contributed by atoms with Crippen molar-refractivity contribution in [2.45, 2.75) is 13.3 Å². The zero-order valence-electron chi connectivity index (χ0n) is 22.1. The molecule has 1 aliphatic carbocycles. The quantitative estimate of drug-likeness (QED) is 0.283. The maximum absolute atomic E-state index is 5.94. The second-order valence-corrected chi connectivity index (χ2v) is 9.99. The summed E-state index contributed by atoms with van der Waals surface area (Å²) in [4.78, 5) is 2.09. The van der Waals surface area contributed by atoms with Gasteiger partial charge < -0.3 is 15.2 Å². The summed E-state index contributed by atoms with van der Waals surface area (Å²) < 4.78 is 2.42. The smallest absolute Gasteiger partial charge is 0.0538 e. The molecule has 3 heteroatoms. The Balaban J connectivity index is 1.49. The topological polar surface area (TPSA) is 34.2 Å². The summed E-state index contributed by atoms with van der Waals surface area (Å²) in [6, 6.07) is 23.2. The van der Waals surface area contributed by atoms with Gasteiger partial charge >= 0.3 is 0 Å². The Morgan fingerprint density at radius 1 is 0.821 bits per heavy atom. The Hall–Kier alpha value is -5.02. The molecule has 0 saturated carbocycles. The largest absolute Gasteiger partial charge is 0.399 e. The van der Waals surface area contributed by atoms with Gasteiger partial charge in [-0.15, -0.1) is 0 Å². The van der Waals surface area contributed by atoms with Crippen molar-refractivity contribution >= 4 is 33.9 Å². The third-order valence-electron chi connectivity index (χ3n) is 7.40. The summed E-state index contributed by atoms with van der Waals surface area (Å²) in [5.74, 6) is 0. The molecule has 1 aromatic heterocycles. The fourth-order valence-corrected chi connectivity index (χ4v) is 5.27. The molecule has 0 unspecified atom stereocenters. The molecule has 0 amide bonds. The van der Waals surface area contributed by atoms with E-state index in [4.69, 9.17) is 5.73 Å². The molecular formula is C36H31N3. The average Bonchev–Trinajstić information content (AvgIpc) is 3.52. The zero-order valence-corrected chi connectivity index (χ0v) is 22.1. The first kappa shape index (κ1) is 24.3. The van der Waals surface area contributed by atoms with Crippen molar-refractivity contribution in [1.29, 1.82) is 0 Å². The van der Waals surface area contributed by atoms with Crippen molar-refractivity contribution in [2.24, 2.45) is 0 Å². The molecule has 0 fully saturated rings. The second kappa shape index (κ2) is 10.0. The lowest BCUT2D eigenvalue weighted by Crippen LogP contribution is -2.06. The Kier molecular flexibility index (Phi) is 6.26. The molecular weight excluding hydrogens is 474 g/mol. The monoisotopic (exact) mass is 505 g/mol. The van der Waals surface area contributed by atoms with Crippen LogP contribution in [0.4, 0.5) is 11.4 Å². The first-order valence-electron chi connectivity index (χ1n) is 13.2. The molecule has 0 bridgehead atoms. The molecule has 39 heavy (non-hydrogen) atoms. The highest BCUT2D eigenvalue weighted by Crippen LogP contribution is 2.37. The van der Waals surface area contributed by atoms with Crippen molar-refractivity contribution in [1.82, 2.24) is 4.57 Å². The number of nitrogen functional groups attached to an aromatic ring is 1. The van der Waals surface area contributed by atoms with Crippen LogP contribution in [0.1, 0.15) is 22.4 Å². The Morgan fingerprint density at radius 3 is 2.46 bits per heavy atom. The molecule has 0 radical (unpaired) electrons. The zero-order chi connectivity index (χ0) is 26.9. The molecule has 1 aliphatic heterocycles. The van der Waals surface area contributed by atoms with Gasteiger partial charge in [0.15, 0.2) is 0 Å². The number of fused-ring (bicyclic) bond motifs is 3. The average molecular weight is 506 g/mol. The molecule has 0 spiro atoms. The number of hydrogen-bond acceptors (Lipinski definition) is 2. The summed E-state index contributed by atoms with van der Waals surface area (Å²) in [5.41, 5.74) is 18.0. The first-order chi connectivity index (χ1) is 19.0. The van der Waals surface area contributed by atoms with Crippen LogP contribution in [0.2, 0.25) is 0 Å². The van der Waals surface area contributed by atoms with E-state index in [0.29, 0.717) is 0 Å². The SMILES string of the molecule is C=C1/C=C\C=C/N(c2ccc(N)cc2)/C=C\C(c2ccc3c(c2)c2c(n3-c3ccccc3C)CC=C2)=C/C1=C. The van der Waals surface area contributed by atoms with Crippen molar-refractivity contribution in [2.75, 3.05) is 10.6 Å². The summed E-state index contributed by atoms with van der Waals surface area (Å²) >= 11 is 0. The van der Waals surface area contributed by atoms with Gasteiger partial charge in [0.25, 0.3) is 0 Å². The van der Waals surface area contributed by atoms with Gasteiger partial charge in [-0.05, 0) is 95.5 Å². The van der Waals surface area contributed by atoms with E-state index in [-0.39, 0.29) is 0 Å². The molecule has 3 nitrogen and oxygen atoms in total. The van der Waals surface area contributed by atoms with Crippen LogP contribution in [0, 0.1) is 6.92 Å². The van der Waals surface area contributed by atoms with E-state index in [1.54, 1.807) is 0 Å². The van der Waals surface area contributed by atoms with Crippen LogP contribution in [0.15, 0.2) is 140 Å². The van der Waals surface area contributed by atoms with E-state index < -0.39 is 0 Å². The first-order valence-corrected chi connectivity index (χ1v) is 13.2. The van der Waals surface area contributed by atoms with Crippen LogP contribution in [0.25, 0.3) is 28.2 Å². The minimum Gasteiger partial charge on any atom is -0.399 e. The van der Waals surface area contributed by atoms with Gasteiger partial charge in [-0.1, -0.05) is 61.7 Å². The van der Waals surface area contributed by atoms with Crippen molar-refractivity contribution in [3.05, 3.63) is 162 Å². The normalized spacial score (nSPS) is 18.9. The number of rotatable bonds is 3. The molecule has 0 atom stereocenters. The highest BCUT2D eigenvalue weighted by molar-refractivity contribution is 5.97. The van der Waals surface area contributed by atoms with E-state index in [1.165, 1.54) is 33.4 Å². The lowest BCUT2D eigenvalue weighted by molar-refractivity contribution is 1.00. The van der Waals surface area contributed by atoms with Gasteiger partial charge in [-0.25, -0.2) is 0 Å². The van der Waals surface area contributed by atoms with Gasteiger partial charge in [0.05, 0.1) is 5.52 Å². The molecule has 2 heterocycles. The molecule has 4 aromatic rings. The number of aryl methyl sites for hydroxylation is 1. The van der Waals surface area contributed by atoms with Crippen LogP contribution in [0.5, 0.6) is 0 Å². The summed E-state index contributed by atoms with van der Waals surface area (Å²) in [7, 11) is 0. The van der Waals surface area contributed by atoms with Crippen molar-refractivity contribution in [3.63, 3.8) is 0 Å². The van der Waals surface area contributed by atoms with E-state index >= 15 is 0 Å². The van der Waals surface area contributed by atoms with E-state index in [0.717, 1.165) is 40.1 Å². The molecule has 0 saturated heterocycles. The predicted molar refractivity (Wildman–Crippen MR) is 168 cm³/mol. The number of aromatic nitrogens is 1. The number of nitrogens with zero attached hydrogens (tertiary/aromatic N) is 2. The van der Waals surface area contributed by atoms with Gasteiger partial charge in [0, 0.05) is 52.5 Å². The predicted octanol–water partition coefficient (Wildman–Crippen LogP) is 8.69. The van der Waals surface area contributed by atoms with Crippen molar-refractivity contribution < 1.29 is 0 Å². The highest BCUT2D eigenvalue weighted by atomic mass is 15.1. The molecule has 190 valence electrons. The van der Waals surface area contributed by atoms with Crippen LogP contribution < -0.4 is 10.6 Å². The van der Waals surface area contributed by atoms with Crippen LogP contribution in [-0.2, 0) is 6.42 Å². The number of para-hydroxylation sites is 1. The molecule has 3 aromatic carbocycles. The third kappa shape index (κ3) is 4.60. The van der Waals surface area contributed by atoms with E-state index in [9.17, 15) is 0 Å². The Morgan fingerprint density at radius 2 is 1.64 bits per heavy atom. The summed E-state index contributed by atoms with van der Waals surface area (Å²) in [5, 5.41) is 1.25. The number of nitrogens with two attached hydrogens (primary N) is 1. The molecule has 2 aliphatic rings. The van der Waals surface area contributed by atoms with E-state index in [2.05, 4.69) is 103 Å². The summed E-state index contributed by atoms with van der Waals surface area (Å²) in [6.45, 7) is 10.7. The van der Waals surface area contributed by atoms with Gasteiger partial charge in [-0.3, -0.25) is 0 Å². The number of benzene rings is 3. The molecule has 6 rings (SSSR count). The fourth-order valence-electron chi connectivity index (χ4n) is 5.27. The van der Waals surface area contributed by atoms with Gasteiger partial charge in [0.2, 0.25) is 0 Å². The number of anilines is 2. The highest BCUT2D eigenvalue weighted by Gasteiger charge is 2.20. The standard InChI is InChI=1S/C36H31N3/c1-25-9-6-7-21-38(31-17-15-30(37)16-18-31)22-20-29(23-27(25)3)28-14-19-36-33(24-28)32-11-8-13-35(32)39(36)34-12-5-4-10-26(34)2/h4-12,14-24H,1,3,13,37H2,2H3/b9-6-,21-7-,22-20-,29-23+. The van der Waals surface area contributed by atoms with Crippen molar-refractivity contribution in [3.8, 4) is 5.69 Å². The fraction of sp³-hybridized carbons (Fsp3) is 0.0556. The summed E-state index contributed by atoms with van der Waals surface area (Å²) in [6.07, 6.45) is 19.8. The Labute approximate surface area is 230 Å². The maximum Gasteiger partial charge on any atom is 0.0538 e. The van der Waals surface area contributed by atoms with Crippen LogP contribution in [-0.4, -0.2) is 4.57 Å². The van der Waals surface area contributed by atoms with Crippen LogP contribution in [0.3, 0.4) is 0 Å². The lowest BCUT2D eigenvalue weighted by atomic mass is 9.98. The third-order valence-corrected chi connectivity index (χ3v) is 7.40. The lowest BCUT2D eigenvalue weighted by Gasteiger charge is -2.16. The van der Waals surface area contributed by atoms with Crippen LogP contribution >= 0.6 is 0 Å². The number of allylic oxidation sites excluding steroid dienone is 9. The molecule has 2 N–H and O–H groups in total.